The van der Waals surface area contributed by atoms with Gasteiger partial charge in [0.25, 0.3) is 0 Å². The Morgan fingerprint density at radius 3 is 2.68 bits per heavy atom. The van der Waals surface area contributed by atoms with Gasteiger partial charge < -0.3 is 15.2 Å². The number of fused-ring (bicyclic) bond motifs is 1. The molecular formula is C22H19N3O3. The number of benzene rings is 2. The number of hydrogen-bond acceptors (Lipinski definition) is 4. The van der Waals surface area contributed by atoms with Crippen LogP contribution in [0.15, 0.2) is 67.0 Å². The van der Waals surface area contributed by atoms with Gasteiger partial charge in [-0.15, -0.1) is 0 Å². The third kappa shape index (κ3) is 3.27. The summed E-state index contributed by atoms with van der Waals surface area (Å²) in [4.78, 5) is 15.8. The summed E-state index contributed by atoms with van der Waals surface area (Å²) in [7, 11) is 1.52. The van der Waals surface area contributed by atoms with Crippen molar-refractivity contribution in [2.24, 2.45) is 0 Å². The van der Waals surface area contributed by atoms with Gasteiger partial charge in [-0.05, 0) is 53.6 Å². The van der Waals surface area contributed by atoms with Crippen LogP contribution in [-0.2, 0) is 4.79 Å². The van der Waals surface area contributed by atoms with Gasteiger partial charge in [0.15, 0.2) is 11.5 Å². The molecule has 140 valence electrons. The Bertz CT molecular complexity index is 1180. The van der Waals surface area contributed by atoms with Crippen molar-refractivity contribution >= 4 is 17.2 Å². The number of rotatable bonds is 4. The zero-order valence-corrected chi connectivity index (χ0v) is 15.5. The first-order valence-corrected chi connectivity index (χ1v) is 8.77. The summed E-state index contributed by atoms with van der Waals surface area (Å²) >= 11 is 0. The molecule has 2 aromatic carbocycles. The fourth-order valence-electron chi connectivity index (χ4n) is 3.18. The number of hydrogen-bond donors (Lipinski definition) is 2. The molecule has 2 N–H and O–H groups in total. The standard InChI is InChI=1S/C22H19N3O3/c1-14(26)24-18-5-3-4-15(10-18)17-7-9-22-23-12-19(25(22)13-17)16-6-8-20(27)21(11-16)28-2/h3-13,27H,1-2H3,(H,24,26). The number of imidazole rings is 1. The van der Waals surface area contributed by atoms with Crippen molar-refractivity contribution in [3.05, 3.63) is 67.0 Å². The first kappa shape index (κ1) is 17.6. The van der Waals surface area contributed by atoms with E-state index in [4.69, 9.17) is 4.74 Å². The molecule has 0 aliphatic rings. The van der Waals surface area contributed by atoms with E-state index in [2.05, 4.69) is 10.3 Å². The summed E-state index contributed by atoms with van der Waals surface area (Å²) in [6.07, 6.45) is 3.79. The molecule has 0 aliphatic heterocycles. The molecule has 1 amide bonds. The second-order valence-electron chi connectivity index (χ2n) is 6.44. The minimum absolute atomic E-state index is 0.0931. The molecule has 0 unspecified atom stereocenters. The van der Waals surface area contributed by atoms with Gasteiger partial charge in [0.1, 0.15) is 5.65 Å². The van der Waals surface area contributed by atoms with E-state index in [1.807, 2.05) is 53.1 Å². The predicted octanol–water partition coefficient (Wildman–Crippen LogP) is 4.34. The number of aromatic nitrogens is 2. The average molecular weight is 373 g/mol. The van der Waals surface area contributed by atoms with Crippen molar-refractivity contribution in [3.63, 3.8) is 0 Å². The highest BCUT2D eigenvalue weighted by Gasteiger charge is 2.11. The minimum Gasteiger partial charge on any atom is -0.504 e. The number of anilines is 1. The maximum atomic E-state index is 11.3. The van der Waals surface area contributed by atoms with E-state index >= 15 is 0 Å². The lowest BCUT2D eigenvalue weighted by molar-refractivity contribution is -0.114. The van der Waals surface area contributed by atoms with Crippen LogP contribution >= 0.6 is 0 Å². The van der Waals surface area contributed by atoms with Crippen molar-refractivity contribution in [2.45, 2.75) is 6.92 Å². The lowest BCUT2D eigenvalue weighted by atomic mass is 10.1. The Balaban J connectivity index is 1.80. The number of phenols is 1. The molecule has 0 atom stereocenters. The summed E-state index contributed by atoms with van der Waals surface area (Å²) in [5.74, 6) is 0.396. The Morgan fingerprint density at radius 2 is 1.89 bits per heavy atom. The van der Waals surface area contributed by atoms with E-state index in [-0.39, 0.29) is 11.7 Å². The maximum absolute atomic E-state index is 11.3. The van der Waals surface area contributed by atoms with Crippen LogP contribution in [0, 0.1) is 0 Å². The van der Waals surface area contributed by atoms with Gasteiger partial charge in [-0.25, -0.2) is 4.98 Å². The first-order valence-electron chi connectivity index (χ1n) is 8.77. The number of nitrogens with zero attached hydrogens (tertiary/aromatic N) is 2. The molecule has 4 aromatic rings. The van der Waals surface area contributed by atoms with Crippen LogP contribution in [-0.4, -0.2) is 27.5 Å². The third-order valence-corrected chi connectivity index (χ3v) is 4.50. The van der Waals surface area contributed by atoms with E-state index in [1.54, 1.807) is 18.3 Å². The molecule has 6 heteroatoms. The van der Waals surface area contributed by atoms with Crippen molar-refractivity contribution in [2.75, 3.05) is 12.4 Å². The smallest absolute Gasteiger partial charge is 0.221 e. The molecular weight excluding hydrogens is 354 g/mol. The molecule has 0 fully saturated rings. The van der Waals surface area contributed by atoms with Crippen LogP contribution in [0.25, 0.3) is 28.0 Å². The normalized spacial score (nSPS) is 10.8. The van der Waals surface area contributed by atoms with E-state index in [0.29, 0.717) is 5.75 Å². The highest BCUT2D eigenvalue weighted by atomic mass is 16.5. The molecule has 2 heterocycles. The summed E-state index contributed by atoms with van der Waals surface area (Å²) in [5.41, 5.74) is 5.29. The second-order valence-corrected chi connectivity index (χ2v) is 6.44. The second kappa shape index (κ2) is 7.08. The lowest BCUT2D eigenvalue weighted by Gasteiger charge is -2.09. The molecule has 4 rings (SSSR count). The molecule has 2 aromatic heterocycles. The first-order chi connectivity index (χ1) is 13.5. The number of pyridine rings is 1. The average Bonchev–Trinajstić information content (AvgIpc) is 3.11. The number of amides is 1. The zero-order chi connectivity index (χ0) is 19.7. The van der Waals surface area contributed by atoms with Gasteiger partial charge in [-0.3, -0.25) is 9.20 Å². The van der Waals surface area contributed by atoms with E-state index in [0.717, 1.165) is 33.7 Å². The Hall–Kier alpha value is -3.80. The summed E-state index contributed by atoms with van der Waals surface area (Å²) in [6, 6.07) is 16.8. The Kier molecular flexibility index (Phi) is 4.45. The quantitative estimate of drug-likeness (QED) is 0.558. The molecule has 0 radical (unpaired) electrons. The van der Waals surface area contributed by atoms with Crippen LogP contribution in [0.3, 0.4) is 0 Å². The van der Waals surface area contributed by atoms with Gasteiger partial charge >= 0.3 is 0 Å². The van der Waals surface area contributed by atoms with Crippen molar-refractivity contribution in [1.29, 1.82) is 0 Å². The molecule has 28 heavy (non-hydrogen) atoms. The third-order valence-electron chi connectivity index (χ3n) is 4.50. The Labute approximate surface area is 162 Å². The number of nitrogens with one attached hydrogen (secondary N) is 1. The topological polar surface area (TPSA) is 75.9 Å². The van der Waals surface area contributed by atoms with Crippen molar-refractivity contribution in [3.8, 4) is 33.9 Å². The van der Waals surface area contributed by atoms with Crippen LogP contribution in [0.5, 0.6) is 11.5 Å². The van der Waals surface area contributed by atoms with Gasteiger partial charge in [0.05, 0.1) is 19.0 Å². The van der Waals surface area contributed by atoms with Crippen LogP contribution < -0.4 is 10.1 Å². The van der Waals surface area contributed by atoms with Crippen LogP contribution in [0.4, 0.5) is 5.69 Å². The van der Waals surface area contributed by atoms with Crippen molar-refractivity contribution < 1.29 is 14.6 Å². The number of phenolic OH excluding ortho intramolecular Hbond substituents is 1. The van der Waals surface area contributed by atoms with E-state index < -0.39 is 0 Å². The summed E-state index contributed by atoms with van der Waals surface area (Å²) in [5, 5.41) is 12.7. The predicted molar refractivity (Wildman–Crippen MR) is 109 cm³/mol. The van der Waals surface area contributed by atoms with Crippen molar-refractivity contribution in [1.82, 2.24) is 9.38 Å². The number of carbonyl (C=O) groups excluding carboxylic acids is 1. The largest absolute Gasteiger partial charge is 0.504 e. The number of ether oxygens (including phenoxy) is 1. The highest BCUT2D eigenvalue weighted by molar-refractivity contribution is 5.89. The molecule has 0 aliphatic carbocycles. The highest BCUT2D eigenvalue weighted by Crippen LogP contribution is 2.32. The molecule has 0 saturated carbocycles. The summed E-state index contributed by atoms with van der Waals surface area (Å²) < 4.78 is 7.21. The number of aromatic hydroxyl groups is 1. The molecule has 0 bridgehead atoms. The van der Waals surface area contributed by atoms with Gasteiger partial charge in [-0.1, -0.05) is 12.1 Å². The maximum Gasteiger partial charge on any atom is 0.221 e. The van der Waals surface area contributed by atoms with E-state index in [9.17, 15) is 9.90 Å². The zero-order valence-electron chi connectivity index (χ0n) is 15.5. The number of carbonyl (C=O) groups is 1. The molecule has 0 saturated heterocycles. The summed E-state index contributed by atoms with van der Waals surface area (Å²) in [6.45, 7) is 1.49. The molecule has 0 spiro atoms. The molecule has 6 nitrogen and oxygen atoms in total. The van der Waals surface area contributed by atoms with Crippen LogP contribution in [0.1, 0.15) is 6.92 Å². The van der Waals surface area contributed by atoms with Gasteiger partial charge in [0, 0.05) is 24.4 Å². The van der Waals surface area contributed by atoms with Gasteiger partial charge in [-0.2, -0.15) is 0 Å². The lowest BCUT2D eigenvalue weighted by Crippen LogP contribution is -2.05. The van der Waals surface area contributed by atoms with E-state index in [1.165, 1.54) is 14.0 Å². The SMILES string of the molecule is COc1cc(-c2cnc3ccc(-c4cccc(NC(C)=O)c4)cn23)ccc1O. The van der Waals surface area contributed by atoms with Crippen LogP contribution in [0.2, 0.25) is 0 Å². The van der Waals surface area contributed by atoms with Gasteiger partial charge in [0.2, 0.25) is 5.91 Å². The fourth-order valence-corrected chi connectivity index (χ4v) is 3.18. The number of methoxy groups -OCH3 is 1. The Morgan fingerprint density at radius 1 is 1.07 bits per heavy atom. The monoisotopic (exact) mass is 373 g/mol. The minimum atomic E-state index is -0.106. The fraction of sp³-hybridized carbons (Fsp3) is 0.0909.